The highest BCUT2D eigenvalue weighted by atomic mass is 16.1. The van der Waals surface area contributed by atoms with Gasteiger partial charge in [0.05, 0.1) is 5.92 Å². The average molecular weight is 264 g/mol. The SMILES string of the molecule is CC(C)=CCCC(C)=CCN1CCCC(C(N)=O)C1. The van der Waals surface area contributed by atoms with Gasteiger partial charge < -0.3 is 5.73 Å². The molecule has 0 aromatic heterocycles. The summed E-state index contributed by atoms with van der Waals surface area (Å²) in [6.45, 7) is 9.32. The van der Waals surface area contributed by atoms with Crippen LogP contribution in [0.15, 0.2) is 23.3 Å². The van der Waals surface area contributed by atoms with Crippen LogP contribution >= 0.6 is 0 Å². The number of hydrogen-bond donors (Lipinski definition) is 1. The second-order valence-electron chi connectivity index (χ2n) is 5.87. The number of piperidine rings is 1. The molecule has 3 heteroatoms. The van der Waals surface area contributed by atoms with E-state index in [-0.39, 0.29) is 11.8 Å². The molecule has 1 amide bonds. The molecule has 1 aliphatic rings. The highest BCUT2D eigenvalue weighted by Gasteiger charge is 2.22. The van der Waals surface area contributed by atoms with E-state index >= 15 is 0 Å². The molecular formula is C16H28N2O. The molecule has 0 bridgehead atoms. The zero-order valence-electron chi connectivity index (χ0n) is 12.6. The Hall–Kier alpha value is -1.09. The third-order valence-electron chi connectivity index (χ3n) is 3.70. The number of rotatable bonds is 6. The van der Waals surface area contributed by atoms with Crippen molar-refractivity contribution in [3.63, 3.8) is 0 Å². The summed E-state index contributed by atoms with van der Waals surface area (Å²) in [6, 6.07) is 0. The maximum absolute atomic E-state index is 11.2. The van der Waals surface area contributed by atoms with Crippen LogP contribution in [0.2, 0.25) is 0 Å². The molecule has 1 rings (SSSR count). The standard InChI is InChI=1S/C16H28N2O/c1-13(2)6-4-7-14(3)9-11-18-10-5-8-15(12-18)16(17)19/h6,9,15H,4-5,7-8,10-12H2,1-3H3,(H2,17,19). The van der Waals surface area contributed by atoms with Crippen LogP contribution in [0.5, 0.6) is 0 Å². The van der Waals surface area contributed by atoms with E-state index < -0.39 is 0 Å². The molecule has 3 nitrogen and oxygen atoms in total. The molecule has 108 valence electrons. The Morgan fingerprint density at radius 3 is 2.68 bits per heavy atom. The quantitative estimate of drug-likeness (QED) is 0.750. The molecule has 1 saturated heterocycles. The lowest BCUT2D eigenvalue weighted by molar-refractivity contribution is -0.123. The second-order valence-corrected chi connectivity index (χ2v) is 5.87. The van der Waals surface area contributed by atoms with E-state index in [9.17, 15) is 4.79 Å². The topological polar surface area (TPSA) is 46.3 Å². The van der Waals surface area contributed by atoms with Gasteiger partial charge in [0.2, 0.25) is 5.91 Å². The van der Waals surface area contributed by atoms with E-state index in [1.54, 1.807) is 0 Å². The number of likely N-dealkylation sites (tertiary alicyclic amines) is 1. The number of amides is 1. The van der Waals surface area contributed by atoms with E-state index in [0.29, 0.717) is 0 Å². The molecule has 1 aliphatic heterocycles. The first-order chi connectivity index (χ1) is 8.99. The third kappa shape index (κ3) is 6.58. The first kappa shape index (κ1) is 16.0. The molecule has 1 unspecified atom stereocenters. The smallest absolute Gasteiger partial charge is 0.221 e. The summed E-state index contributed by atoms with van der Waals surface area (Å²) in [5.41, 5.74) is 8.20. The molecule has 0 aliphatic carbocycles. The fourth-order valence-corrected chi connectivity index (χ4v) is 2.43. The first-order valence-corrected chi connectivity index (χ1v) is 7.29. The third-order valence-corrected chi connectivity index (χ3v) is 3.70. The Morgan fingerprint density at radius 1 is 1.32 bits per heavy atom. The van der Waals surface area contributed by atoms with Gasteiger partial charge in [-0.2, -0.15) is 0 Å². The van der Waals surface area contributed by atoms with Crippen LogP contribution in [0.25, 0.3) is 0 Å². The summed E-state index contributed by atoms with van der Waals surface area (Å²) in [5.74, 6) is -0.0953. The van der Waals surface area contributed by atoms with Gasteiger partial charge in [0.25, 0.3) is 0 Å². The van der Waals surface area contributed by atoms with Crippen molar-refractivity contribution in [2.45, 2.75) is 46.5 Å². The highest BCUT2D eigenvalue weighted by molar-refractivity contribution is 5.76. The van der Waals surface area contributed by atoms with Gasteiger partial charge in [0, 0.05) is 13.1 Å². The van der Waals surface area contributed by atoms with E-state index in [2.05, 4.69) is 37.8 Å². The number of hydrogen-bond acceptors (Lipinski definition) is 2. The van der Waals surface area contributed by atoms with Gasteiger partial charge in [0.15, 0.2) is 0 Å². The summed E-state index contributed by atoms with van der Waals surface area (Å²) in [4.78, 5) is 13.6. The van der Waals surface area contributed by atoms with Crippen LogP contribution in [0, 0.1) is 5.92 Å². The monoisotopic (exact) mass is 264 g/mol. The van der Waals surface area contributed by atoms with Crippen LogP contribution in [-0.2, 0) is 4.79 Å². The van der Waals surface area contributed by atoms with Crippen molar-refractivity contribution in [3.05, 3.63) is 23.3 Å². The van der Waals surface area contributed by atoms with Gasteiger partial charge in [-0.1, -0.05) is 23.3 Å². The van der Waals surface area contributed by atoms with Crippen molar-refractivity contribution < 1.29 is 4.79 Å². The van der Waals surface area contributed by atoms with Crippen molar-refractivity contribution in [1.29, 1.82) is 0 Å². The summed E-state index contributed by atoms with van der Waals surface area (Å²) >= 11 is 0. The zero-order valence-corrected chi connectivity index (χ0v) is 12.6. The number of allylic oxidation sites excluding steroid dienone is 3. The Kier molecular flexibility index (Phi) is 6.85. The minimum Gasteiger partial charge on any atom is -0.369 e. The predicted octanol–water partition coefficient (Wildman–Crippen LogP) is 2.88. The molecule has 0 radical (unpaired) electrons. The van der Waals surface area contributed by atoms with Crippen LogP contribution in [0.4, 0.5) is 0 Å². The molecule has 1 atom stereocenters. The van der Waals surface area contributed by atoms with Crippen molar-refractivity contribution >= 4 is 5.91 Å². The van der Waals surface area contributed by atoms with Crippen molar-refractivity contribution in [2.75, 3.05) is 19.6 Å². The van der Waals surface area contributed by atoms with E-state index in [0.717, 1.165) is 45.3 Å². The van der Waals surface area contributed by atoms with E-state index in [1.165, 1.54) is 11.1 Å². The van der Waals surface area contributed by atoms with Crippen LogP contribution in [-0.4, -0.2) is 30.4 Å². The number of carbonyl (C=O) groups excluding carboxylic acids is 1. The van der Waals surface area contributed by atoms with Crippen LogP contribution < -0.4 is 5.73 Å². The lowest BCUT2D eigenvalue weighted by atomic mass is 9.97. The molecule has 0 saturated carbocycles. The predicted molar refractivity (Wildman–Crippen MR) is 80.8 cm³/mol. The van der Waals surface area contributed by atoms with Gasteiger partial charge in [-0.05, 0) is 53.0 Å². The molecule has 0 spiro atoms. The largest absolute Gasteiger partial charge is 0.369 e. The summed E-state index contributed by atoms with van der Waals surface area (Å²) in [6.07, 6.45) is 8.85. The summed E-state index contributed by atoms with van der Waals surface area (Å²) in [5, 5.41) is 0. The number of nitrogens with two attached hydrogens (primary N) is 1. The second kappa shape index (κ2) is 8.16. The van der Waals surface area contributed by atoms with Crippen molar-refractivity contribution in [1.82, 2.24) is 4.90 Å². The average Bonchev–Trinajstić information content (AvgIpc) is 2.36. The van der Waals surface area contributed by atoms with Crippen molar-refractivity contribution in [2.24, 2.45) is 11.7 Å². The van der Waals surface area contributed by atoms with Crippen molar-refractivity contribution in [3.8, 4) is 0 Å². The van der Waals surface area contributed by atoms with Gasteiger partial charge >= 0.3 is 0 Å². The number of primary amides is 1. The van der Waals surface area contributed by atoms with Crippen LogP contribution in [0.1, 0.15) is 46.5 Å². The van der Waals surface area contributed by atoms with Gasteiger partial charge in [0.1, 0.15) is 0 Å². The molecule has 1 heterocycles. The zero-order chi connectivity index (χ0) is 14.3. The van der Waals surface area contributed by atoms with Crippen LogP contribution in [0.3, 0.4) is 0 Å². The van der Waals surface area contributed by atoms with E-state index in [1.807, 2.05) is 0 Å². The van der Waals surface area contributed by atoms with Gasteiger partial charge in [-0.3, -0.25) is 9.69 Å². The lowest BCUT2D eigenvalue weighted by Crippen LogP contribution is -2.41. The highest BCUT2D eigenvalue weighted by Crippen LogP contribution is 2.16. The molecule has 0 aromatic rings. The number of nitrogens with zero attached hydrogens (tertiary/aromatic N) is 1. The maximum Gasteiger partial charge on any atom is 0.221 e. The van der Waals surface area contributed by atoms with Gasteiger partial charge in [-0.15, -0.1) is 0 Å². The van der Waals surface area contributed by atoms with E-state index in [4.69, 9.17) is 5.73 Å². The fraction of sp³-hybridized carbons (Fsp3) is 0.688. The fourth-order valence-electron chi connectivity index (χ4n) is 2.43. The Labute approximate surface area is 117 Å². The molecular weight excluding hydrogens is 236 g/mol. The molecule has 1 fully saturated rings. The first-order valence-electron chi connectivity index (χ1n) is 7.29. The molecule has 0 aromatic carbocycles. The summed E-state index contributed by atoms with van der Waals surface area (Å²) in [7, 11) is 0. The Morgan fingerprint density at radius 2 is 2.05 bits per heavy atom. The minimum absolute atomic E-state index is 0.0492. The molecule has 2 N–H and O–H groups in total. The normalized spacial score (nSPS) is 21.2. The number of carbonyl (C=O) groups is 1. The lowest BCUT2D eigenvalue weighted by Gasteiger charge is -2.30. The Bertz CT molecular complexity index is 354. The summed E-state index contributed by atoms with van der Waals surface area (Å²) < 4.78 is 0. The van der Waals surface area contributed by atoms with Gasteiger partial charge in [-0.25, -0.2) is 0 Å². The minimum atomic E-state index is -0.144. The maximum atomic E-state index is 11.2. The Balaban J connectivity index is 2.34. The molecule has 19 heavy (non-hydrogen) atoms.